The van der Waals surface area contributed by atoms with Crippen molar-refractivity contribution >= 4 is 61.9 Å². The van der Waals surface area contributed by atoms with Gasteiger partial charge in [-0.2, -0.15) is 5.10 Å². The summed E-state index contributed by atoms with van der Waals surface area (Å²) in [5, 5.41) is 6.72. The molecule has 0 fully saturated rings. The molecular formula is C16H16BrN3O3S2. The van der Waals surface area contributed by atoms with E-state index in [-0.39, 0.29) is 11.8 Å². The fraction of sp³-hybridized carbons (Fsp3) is 0.312. The molecule has 1 atom stereocenters. The van der Waals surface area contributed by atoms with Gasteiger partial charge in [0.2, 0.25) is 4.33 Å². The molecule has 25 heavy (non-hydrogen) atoms. The number of methoxy groups -OCH3 is 1. The molecule has 3 rings (SSSR count). The number of Topliss-reactive ketones (excluding diaryl/α,β-unsaturated/α-hetero) is 1. The van der Waals surface area contributed by atoms with Gasteiger partial charge in [0, 0.05) is 24.1 Å². The highest BCUT2D eigenvalue weighted by atomic mass is 79.9. The fourth-order valence-electron chi connectivity index (χ4n) is 2.49. The summed E-state index contributed by atoms with van der Waals surface area (Å²) in [7, 11) is 3.25. The summed E-state index contributed by atoms with van der Waals surface area (Å²) in [6.45, 7) is 3.35. The van der Waals surface area contributed by atoms with Crippen LogP contribution >= 0.6 is 39.5 Å². The highest BCUT2D eigenvalue weighted by Gasteiger charge is 2.55. The Balaban J connectivity index is 2.07. The number of halogens is 1. The lowest BCUT2D eigenvalue weighted by molar-refractivity contribution is -0.135. The Hall–Kier alpha value is -1.45. The topological polar surface area (TPSA) is 62.2 Å². The number of carbonyl (C=O) groups excluding carboxylic acids is 2. The predicted molar refractivity (Wildman–Crippen MR) is 105 cm³/mol. The number of nitrogens with zero attached hydrogens (tertiary/aromatic N) is 3. The Morgan fingerprint density at radius 1 is 1.24 bits per heavy atom. The molecule has 0 N–H and O–H groups in total. The van der Waals surface area contributed by atoms with Crippen LogP contribution in [0, 0.1) is 0 Å². The largest absolute Gasteiger partial charge is 0.465 e. The minimum atomic E-state index is -0.775. The maximum atomic E-state index is 12.1. The van der Waals surface area contributed by atoms with Gasteiger partial charge in [0.05, 0.1) is 12.8 Å². The minimum absolute atomic E-state index is 0.109. The number of hydrogen-bond acceptors (Lipinski definition) is 8. The number of hydrogen-bond donors (Lipinski definition) is 0. The lowest BCUT2D eigenvalue weighted by Crippen LogP contribution is -2.47. The van der Waals surface area contributed by atoms with Gasteiger partial charge >= 0.3 is 5.97 Å². The molecule has 1 aromatic rings. The number of hydrazone groups is 1. The standard InChI is InChI=1S/C16H16BrN3O3S2/c1-9-13(15(22)23-4)24-16(19(9)3)20(18-14(25-16)10(2)21)12-7-5-11(17)6-8-12/h5-8H,1-4H3/t16-/m1/s1. The first-order valence-corrected chi connectivity index (χ1v) is 9.79. The number of allylic oxidation sites excluding steroid dienone is 1. The molecule has 0 radical (unpaired) electrons. The van der Waals surface area contributed by atoms with Gasteiger partial charge in [-0.15, -0.1) is 0 Å². The second-order valence-corrected chi connectivity index (χ2v) is 8.98. The third kappa shape index (κ3) is 2.98. The summed E-state index contributed by atoms with van der Waals surface area (Å²) in [5.41, 5.74) is 1.61. The zero-order chi connectivity index (χ0) is 18.4. The van der Waals surface area contributed by atoms with Gasteiger partial charge in [-0.1, -0.05) is 27.7 Å². The van der Waals surface area contributed by atoms with E-state index >= 15 is 0 Å². The zero-order valence-corrected chi connectivity index (χ0v) is 17.3. The average Bonchev–Trinajstić information content (AvgIpc) is 3.10. The molecule has 0 saturated heterocycles. The molecule has 132 valence electrons. The van der Waals surface area contributed by atoms with E-state index in [1.54, 1.807) is 5.01 Å². The van der Waals surface area contributed by atoms with Crippen molar-refractivity contribution < 1.29 is 14.3 Å². The number of thioether (sulfide) groups is 2. The van der Waals surface area contributed by atoms with E-state index in [1.807, 2.05) is 43.1 Å². The average molecular weight is 442 g/mol. The van der Waals surface area contributed by atoms with Crippen LogP contribution in [0.25, 0.3) is 0 Å². The highest BCUT2D eigenvalue weighted by Crippen LogP contribution is 2.58. The van der Waals surface area contributed by atoms with E-state index in [0.717, 1.165) is 15.9 Å². The summed E-state index contributed by atoms with van der Waals surface area (Å²) < 4.78 is 5.08. The second-order valence-electron chi connectivity index (χ2n) is 5.47. The third-order valence-corrected chi connectivity index (χ3v) is 7.60. The predicted octanol–water partition coefficient (Wildman–Crippen LogP) is 3.60. The normalized spacial score (nSPS) is 22.7. The summed E-state index contributed by atoms with van der Waals surface area (Å²) in [4.78, 5) is 26.6. The van der Waals surface area contributed by atoms with Crippen LogP contribution in [0.4, 0.5) is 5.69 Å². The fourth-order valence-corrected chi connectivity index (χ4v) is 5.65. The van der Waals surface area contributed by atoms with Crippen molar-refractivity contribution in [2.45, 2.75) is 18.2 Å². The van der Waals surface area contributed by atoms with E-state index in [0.29, 0.717) is 9.95 Å². The summed E-state index contributed by atoms with van der Waals surface area (Å²) in [6.07, 6.45) is 0. The number of rotatable bonds is 3. The lowest BCUT2D eigenvalue weighted by atomic mass is 10.3. The van der Waals surface area contributed by atoms with Crippen LogP contribution in [0.2, 0.25) is 0 Å². The first kappa shape index (κ1) is 18.3. The first-order chi connectivity index (χ1) is 11.8. The van der Waals surface area contributed by atoms with Gasteiger partial charge < -0.3 is 9.64 Å². The molecule has 0 unspecified atom stereocenters. The molecule has 0 bridgehead atoms. The zero-order valence-electron chi connectivity index (χ0n) is 14.1. The second kappa shape index (κ2) is 6.69. The number of esters is 1. The molecule has 2 heterocycles. The van der Waals surface area contributed by atoms with E-state index in [2.05, 4.69) is 21.0 Å². The maximum absolute atomic E-state index is 12.1. The van der Waals surface area contributed by atoms with Crippen LogP contribution in [0.1, 0.15) is 13.8 Å². The molecule has 6 nitrogen and oxygen atoms in total. The van der Waals surface area contributed by atoms with E-state index in [1.165, 1.54) is 37.6 Å². The quantitative estimate of drug-likeness (QED) is 0.663. The number of ether oxygens (including phenoxy) is 1. The van der Waals surface area contributed by atoms with Crippen molar-refractivity contribution in [2.24, 2.45) is 5.10 Å². The van der Waals surface area contributed by atoms with Crippen LogP contribution in [0.3, 0.4) is 0 Å². The molecule has 2 aliphatic rings. The van der Waals surface area contributed by atoms with Crippen LogP contribution in [0.5, 0.6) is 0 Å². The Bertz CT molecular complexity index is 809. The number of benzene rings is 1. The summed E-state index contributed by atoms with van der Waals surface area (Å²) in [6, 6.07) is 7.66. The van der Waals surface area contributed by atoms with Crippen LogP contribution in [0.15, 0.2) is 44.4 Å². The molecular weight excluding hydrogens is 426 g/mol. The Kier molecular flexibility index (Phi) is 4.91. The summed E-state index contributed by atoms with van der Waals surface area (Å²) in [5.74, 6) is -0.499. The molecule has 2 aliphatic heterocycles. The smallest absolute Gasteiger partial charge is 0.346 e. The number of ketones is 1. The van der Waals surface area contributed by atoms with Gasteiger partial charge in [-0.05, 0) is 43.0 Å². The van der Waals surface area contributed by atoms with Crippen molar-refractivity contribution in [3.8, 4) is 0 Å². The van der Waals surface area contributed by atoms with Crippen LogP contribution < -0.4 is 5.01 Å². The maximum Gasteiger partial charge on any atom is 0.346 e. The SMILES string of the molecule is COC(=O)C1=C(C)N(C)[C@]2(SC(C(C)=O)=NN2c2ccc(Br)cc2)S1. The van der Waals surface area contributed by atoms with Crippen LogP contribution in [-0.2, 0) is 14.3 Å². The number of carbonyl (C=O) groups is 2. The van der Waals surface area contributed by atoms with Gasteiger partial charge in [0.15, 0.2) is 10.8 Å². The Labute approximate surface area is 162 Å². The van der Waals surface area contributed by atoms with E-state index in [9.17, 15) is 9.59 Å². The van der Waals surface area contributed by atoms with Crippen molar-refractivity contribution in [3.05, 3.63) is 39.3 Å². The molecule has 0 amide bonds. The van der Waals surface area contributed by atoms with Gasteiger partial charge in [0.1, 0.15) is 4.91 Å². The molecule has 1 aromatic carbocycles. The van der Waals surface area contributed by atoms with Crippen molar-refractivity contribution in [3.63, 3.8) is 0 Å². The molecule has 0 saturated carbocycles. The van der Waals surface area contributed by atoms with Gasteiger partial charge in [0.25, 0.3) is 0 Å². The van der Waals surface area contributed by atoms with Crippen LogP contribution in [-0.4, -0.2) is 40.2 Å². The highest BCUT2D eigenvalue weighted by molar-refractivity contribution is 9.10. The number of anilines is 1. The van der Waals surface area contributed by atoms with Crippen molar-refractivity contribution in [2.75, 3.05) is 19.2 Å². The minimum Gasteiger partial charge on any atom is -0.465 e. The molecule has 9 heteroatoms. The van der Waals surface area contributed by atoms with Gasteiger partial charge in [-0.25, -0.2) is 9.80 Å². The van der Waals surface area contributed by atoms with Crippen molar-refractivity contribution in [1.82, 2.24) is 4.90 Å². The van der Waals surface area contributed by atoms with Crippen molar-refractivity contribution in [1.29, 1.82) is 0 Å². The molecule has 0 aliphatic carbocycles. The van der Waals surface area contributed by atoms with E-state index in [4.69, 9.17) is 4.74 Å². The Morgan fingerprint density at radius 3 is 2.44 bits per heavy atom. The van der Waals surface area contributed by atoms with Gasteiger partial charge in [-0.3, -0.25) is 4.79 Å². The summed E-state index contributed by atoms with van der Waals surface area (Å²) >= 11 is 6.10. The third-order valence-electron chi connectivity index (χ3n) is 3.92. The first-order valence-electron chi connectivity index (χ1n) is 7.36. The monoisotopic (exact) mass is 441 g/mol. The molecule has 1 spiro atoms. The Morgan fingerprint density at radius 2 is 1.88 bits per heavy atom. The molecule has 0 aromatic heterocycles. The lowest BCUT2D eigenvalue weighted by Gasteiger charge is -2.39. The van der Waals surface area contributed by atoms with E-state index < -0.39 is 4.33 Å².